The van der Waals surface area contributed by atoms with Crippen molar-refractivity contribution in [3.63, 3.8) is 0 Å². The van der Waals surface area contributed by atoms with Crippen LogP contribution in [0.3, 0.4) is 0 Å². The molecule has 2 atom stereocenters. The first-order valence-corrected chi connectivity index (χ1v) is 5.10. The number of rotatable bonds is 7. The first-order chi connectivity index (χ1) is 6.51. The van der Waals surface area contributed by atoms with Crippen molar-refractivity contribution in [3.8, 4) is 0 Å². The lowest BCUT2D eigenvalue weighted by atomic mass is 10.2. The highest BCUT2D eigenvalue weighted by molar-refractivity contribution is 5.80. The predicted molar refractivity (Wildman–Crippen MR) is 55.1 cm³/mol. The molecule has 14 heavy (non-hydrogen) atoms. The van der Waals surface area contributed by atoms with Gasteiger partial charge < -0.3 is 10.2 Å². The Labute approximate surface area is 85.5 Å². The van der Waals surface area contributed by atoms with Crippen LogP contribution in [0.4, 0.5) is 0 Å². The monoisotopic (exact) mass is 203 g/mol. The van der Waals surface area contributed by atoms with Crippen molar-refractivity contribution >= 4 is 5.78 Å². The molecule has 84 valence electrons. The molecule has 0 aromatic rings. The Morgan fingerprint density at radius 2 is 1.86 bits per heavy atom. The zero-order chi connectivity index (χ0) is 11.1. The lowest BCUT2D eigenvalue weighted by molar-refractivity contribution is -0.126. The van der Waals surface area contributed by atoms with E-state index in [4.69, 9.17) is 0 Å². The molecule has 0 aliphatic carbocycles. The Morgan fingerprint density at radius 1 is 1.29 bits per heavy atom. The maximum absolute atomic E-state index is 10.8. The molecule has 4 heteroatoms. The van der Waals surface area contributed by atoms with Gasteiger partial charge in [0.15, 0.2) is 5.78 Å². The molecule has 0 saturated heterocycles. The van der Waals surface area contributed by atoms with E-state index in [9.17, 15) is 15.0 Å². The first kappa shape index (κ1) is 13.5. The summed E-state index contributed by atoms with van der Waals surface area (Å²) in [7, 11) is 0. The Balaban J connectivity index is 3.96. The number of nitrogens with zero attached hydrogens (tertiary/aromatic N) is 1. The van der Waals surface area contributed by atoms with E-state index >= 15 is 0 Å². The van der Waals surface area contributed by atoms with Gasteiger partial charge in [-0.2, -0.15) is 0 Å². The number of carbonyl (C=O) groups is 1. The summed E-state index contributed by atoms with van der Waals surface area (Å²) in [4.78, 5) is 12.7. The third-order valence-corrected chi connectivity index (χ3v) is 2.29. The van der Waals surface area contributed by atoms with E-state index < -0.39 is 6.10 Å². The van der Waals surface area contributed by atoms with Crippen LogP contribution in [0.25, 0.3) is 0 Å². The average Bonchev–Trinajstić information content (AvgIpc) is 2.16. The van der Waals surface area contributed by atoms with Crippen LogP contribution < -0.4 is 0 Å². The van der Waals surface area contributed by atoms with Gasteiger partial charge in [0.25, 0.3) is 0 Å². The van der Waals surface area contributed by atoms with Crippen molar-refractivity contribution in [2.45, 2.75) is 39.4 Å². The first-order valence-electron chi connectivity index (χ1n) is 5.10. The van der Waals surface area contributed by atoms with Gasteiger partial charge in [0.05, 0.1) is 6.10 Å². The number of hydrogen-bond acceptors (Lipinski definition) is 4. The molecular weight excluding hydrogens is 182 g/mol. The number of Topliss-reactive ketones (excluding diaryl/α,β-unsaturated/α-hetero) is 1. The Bertz CT molecular complexity index is 173. The molecule has 0 fully saturated rings. The van der Waals surface area contributed by atoms with Gasteiger partial charge in [0, 0.05) is 13.1 Å². The summed E-state index contributed by atoms with van der Waals surface area (Å²) < 4.78 is 0. The molecule has 0 aliphatic heterocycles. The maximum Gasteiger partial charge on any atom is 0.159 e. The summed E-state index contributed by atoms with van der Waals surface area (Å²) in [6, 6.07) is 0. The van der Waals surface area contributed by atoms with Crippen LogP contribution in [0.5, 0.6) is 0 Å². The molecule has 0 aromatic heterocycles. The van der Waals surface area contributed by atoms with Crippen LogP contribution in [0.15, 0.2) is 0 Å². The third-order valence-electron chi connectivity index (χ3n) is 2.29. The van der Waals surface area contributed by atoms with E-state index in [-0.39, 0.29) is 11.9 Å². The highest BCUT2D eigenvalue weighted by atomic mass is 16.3. The zero-order valence-corrected chi connectivity index (χ0v) is 9.23. The highest BCUT2D eigenvalue weighted by Gasteiger charge is 2.16. The Kier molecular flexibility index (Phi) is 6.70. The maximum atomic E-state index is 10.8. The van der Waals surface area contributed by atoms with Crippen molar-refractivity contribution < 1.29 is 15.0 Å². The van der Waals surface area contributed by atoms with Crippen molar-refractivity contribution in [2.24, 2.45) is 0 Å². The van der Waals surface area contributed by atoms with Crippen molar-refractivity contribution in [1.29, 1.82) is 0 Å². The van der Waals surface area contributed by atoms with Gasteiger partial charge >= 0.3 is 0 Å². The number of hydrogen-bond donors (Lipinski definition) is 2. The smallest absolute Gasteiger partial charge is 0.159 e. The summed E-state index contributed by atoms with van der Waals surface area (Å²) in [6.07, 6.45) is -0.625. The molecular formula is C10H21NO3. The molecule has 0 saturated carbocycles. The Hall–Kier alpha value is -0.450. The van der Waals surface area contributed by atoms with Gasteiger partial charge in [-0.05, 0) is 19.9 Å². The normalized spacial score (nSPS) is 15.6. The number of aliphatic hydroxyl groups excluding tert-OH is 2. The summed E-state index contributed by atoms with van der Waals surface area (Å²) in [5.41, 5.74) is 0. The molecule has 0 radical (unpaired) electrons. The standard InChI is InChI=1S/C10H21NO3/c1-4-9(13)6-11(5-2)7-10(14)8(3)12/h9-10,13-14H,4-7H2,1-3H3. The van der Waals surface area contributed by atoms with Crippen LogP contribution in [0.2, 0.25) is 0 Å². The fourth-order valence-electron chi connectivity index (χ4n) is 1.13. The number of aliphatic hydroxyl groups is 2. The van der Waals surface area contributed by atoms with Gasteiger partial charge in [0.2, 0.25) is 0 Å². The summed E-state index contributed by atoms with van der Waals surface area (Å²) >= 11 is 0. The van der Waals surface area contributed by atoms with Crippen LogP contribution >= 0.6 is 0 Å². The van der Waals surface area contributed by atoms with E-state index in [0.29, 0.717) is 19.5 Å². The molecule has 2 N–H and O–H groups in total. The molecule has 0 aliphatic rings. The third kappa shape index (κ3) is 5.32. The van der Waals surface area contributed by atoms with Crippen molar-refractivity contribution in [3.05, 3.63) is 0 Å². The lowest BCUT2D eigenvalue weighted by Gasteiger charge is -2.24. The second-order valence-electron chi connectivity index (χ2n) is 3.54. The minimum absolute atomic E-state index is 0.227. The predicted octanol–water partition coefficient (Wildman–Crippen LogP) is 0.0291. The average molecular weight is 203 g/mol. The minimum Gasteiger partial charge on any atom is -0.392 e. The van der Waals surface area contributed by atoms with Gasteiger partial charge in [-0.3, -0.25) is 9.69 Å². The number of carbonyl (C=O) groups excluding carboxylic acids is 1. The summed E-state index contributed by atoms with van der Waals surface area (Å²) in [5, 5.41) is 18.7. The van der Waals surface area contributed by atoms with E-state index in [2.05, 4.69) is 0 Å². The lowest BCUT2D eigenvalue weighted by Crippen LogP contribution is -2.40. The number of ketones is 1. The van der Waals surface area contributed by atoms with Crippen LogP contribution in [0, 0.1) is 0 Å². The summed E-state index contributed by atoms with van der Waals surface area (Å²) in [5.74, 6) is -0.227. The van der Waals surface area contributed by atoms with E-state index in [1.807, 2.05) is 18.7 Å². The molecule has 0 bridgehead atoms. The topological polar surface area (TPSA) is 60.8 Å². The summed E-state index contributed by atoms with van der Waals surface area (Å²) in [6.45, 7) is 6.76. The SMILES string of the molecule is CCC(O)CN(CC)CC(O)C(C)=O. The highest BCUT2D eigenvalue weighted by Crippen LogP contribution is 1.99. The van der Waals surface area contributed by atoms with E-state index in [1.54, 1.807) is 0 Å². The molecule has 0 amide bonds. The van der Waals surface area contributed by atoms with Crippen LogP contribution in [0.1, 0.15) is 27.2 Å². The largest absolute Gasteiger partial charge is 0.392 e. The van der Waals surface area contributed by atoms with Gasteiger partial charge in [-0.25, -0.2) is 0 Å². The zero-order valence-electron chi connectivity index (χ0n) is 9.23. The van der Waals surface area contributed by atoms with Crippen LogP contribution in [-0.4, -0.2) is 52.7 Å². The van der Waals surface area contributed by atoms with Crippen molar-refractivity contribution in [1.82, 2.24) is 4.90 Å². The Morgan fingerprint density at radius 3 is 2.21 bits per heavy atom. The van der Waals surface area contributed by atoms with Gasteiger partial charge in [-0.15, -0.1) is 0 Å². The van der Waals surface area contributed by atoms with Gasteiger partial charge in [-0.1, -0.05) is 13.8 Å². The minimum atomic E-state index is -0.931. The van der Waals surface area contributed by atoms with E-state index in [1.165, 1.54) is 6.92 Å². The van der Waals surface area contributed by atoms with E-state index in [0.717, 1.165) is 6.54 Å². The second-order valence-corrected chi connectivity index (χ2v) is 3.54. The molecule has 4 nitrogen and oxygen atoms in total. The fraction of sp³-hybridized carbons (Fsp3) is 0.900. The molecule has 0 spiro atoms. The van der Waals surface area contributed by atoms with Crippen LogP contribution in [-0.2, 0) is 4.79 Å². The second kappa shape index (κ2) is 6.92. The van der Waals surface area contributed by atoms with Gasteiger partial charge in [0.1, 0.15) is 6.10 Å². The fourth-order valence-corrected chi connectivity index (χ4v) is 1.13. The molecule has 0 heterocycles. The van der Waals surface area contributed by atoms with Crippen molar-refractivity contribution in [2.75, 3.05) is 19.6 Å². The molecule has 0 rings (SSSR count). The molecule has 0 aromatic carbocycles. The molecule has 2 unspecified atom stereocenters. The quantitative estimate of drug-likeness (QED) is 0.613. The number of likely N-dealkylation sites (N-methyl/N-ethyl adjacent to an activating group) is 1.